The highest BCUT2D eigenvalue weighted by atomic mass is 15.2. The van der Waals surface area contributed by atoms with Crippen LogP contribution in [0.15, 0.2) is 0 Å². The summed E-state index contributed by atoms with van der Waals surface area (Å²) in [5, 5.41) is 0. The summed E-state index contributed by atoms with van der Waals surface area (Å²) in [6.07, 6.45) is 1.34. The van der Waals surface area contributed by atoms with E-state index in [1.165, 1.54) is 26.1 Å². The lowest BCUT2D eigenvalue weighted by Crippen LogP contribution is -2.45. The smallest absolute Gasteiger partial charge is 0.00527 e. The number of likely N-dealkylation sites (tertiary alicyclic amines) is 1. The second-order valence-electron chi connectivity index (χ2n) is 6.26. The highest BCUT2D eigenvalue weighted by molar-refractivity contribution is 4.98. The van der Waals surface area contributed by atoms with Crippen LogP contribution >= 0.6 is 0 Å². The lowest BCUT2D eigenvalue weighted by Gasteiger charge is -2.43. The maximum atomic E-state index is 2.47. The van der Waals surface area contributed by atoms with Crippen LogP contribution < -0.4 is 0 Å². The first kappa shape index (κ1) is 12.0. The number of rotatable bonds is 2. The quantitative estimate of drug-likeness (QED) is 0.669. The summed E-state index contributed by atoms with van der Waals surface area (Å²) in [6.45, 7) is 10.9. The van der Waals surface area contributed by atoms with Gasteiger partial charge in [-0.05, 0) is 39.5 Å². The summed E-state index contributed by atoms with van der Waals surface area (Å²) in [4.78, 5) is 4.80. The third-order valence-electron chi connectivity index (χ3n) is 3.75. The number of hydrogen-bond acceptors (Lipinski definition) is 2. The Morgan fingerprint density at radius 2 is 1.86 bits per heavy atom. The second kappa shape index (κ2) is 3.82. The van der Waals surface area contributed by atoms with Crippen molar-refractivity contribution < 1.29 is 0 Å². The Balaban J connectivity index is 2.81. The maximum Gasteiger partial charge on any atom is 0.00527 e. The summed E-state index contributed by atoms with van der Waals surface area (Å²) < 4.78 is 0. The maximum absolute atomic E-state index is 2.47. The molecule has 0 aromatic rings. The Morgan fingerprint density at radius 3 is 2.14 bits per heavy atom. The van der Waals surface area contributed by atoms with Crippen LogP contribution in [0, 0.1) is 10.8 Å². The summed E-state index contributed by atoms with van der Waals surface area (Å²) >= 11 is 0. The van der Waals surface area contributed by atoms with Crippen molar-refractivity contribution in [3.8, 4) is 0 Å². The molecule has 14 heavy (non-hydrogen) atoms. The van der Waals surface area contributed by atoms with Crippen LogP contribution in [0.25, 0.3) is 0 Å². The molecule has 1 rings (SSSR count). The summed E-state index contributed by atoms with van der Waals surface area (Å²) in [7, 11) is 6.61. The van der Waals surface area contributed by atoms with Crippen molar-refractivity contribution in [2.75, 3.05) is 40.8 Å². The second-order valence-corrected chi connectivity index (χ2v) is 6.26. The third kappa shape index (κ3) is 2.29. The van der Waals surface area contributed by atoms with E-state index in [0.717, 1.165) is 0 Å². The minimum atomic E-state index is 0.405. The van der Waals surface area contributed by atoms with Crippen molar-refractivity contribution >= 4 is 0 Å². The lowest BCUT2D eigenvalue weighted by atomic mass is 9.65. The Bertz CT molecular complexity index is 193. The predicted molar refractivity (Wildman–Crippen MR) is 62.6 cm³/mol. The molecule has 1 unspecified atom stereocenters. The van der Waals surface area contributed by atoms with Gasteiger partial charge < -0.3 is 9.80 Å². The van der Waals surface area contributed by atoms with Gasteiger partial charge in [-0.1, -0.05) is 20.8 Å². The average molecular weight is 198 g/mol. The fourth-order valence-corrected chi connectivity index (χ4v) is 2.66. The van der Waals surface area contributed by atoms with Crippen LogP contribution in [0.2, 0.25) is 0 Å². The molecule has 1 aliphatic heterocycles. The molecule has 0 aromatic carbocycles. The summed E-state index contributed by atoms with van der Waals surface area (Å²) in [5.41, 5.74) is 0.882. The standard InChI is InChI=1S/C12H26N2/c1-11(2,3)12(9-13(4)5)7-8-14(6)10-12/h7-10H2,1-6H3. The van der Waals surface area contributed by atoms with Crippen molar-refractivity contribution in [1.82, 2.24) is 9.80 Å². The molecule has 0 bridgehead atoms. The zero-order valence-corrected chi connectivity index (χ0v) is 10.7. The van der Waals surface area contributed by atoms with Crippen LogP contribution in [0.4, 0.5) is 0 Å². The Hall–Kier alpha value is -0.0800. The molecule has 0 N–H and O–H groups in total. The van der Waals surface area contributed by atoms with E-state index in [1.807, 2.05) is 0 Å². The van der Waals surface area contributed by atoms with Crippen molar-refractivity contribution in [2.24, 2.45) is 10.8 Å². The van der Waals surface area contributed by atoms with Gasteiger partial charge in [0.15, 0.2) is 0 Å². The molecule has 0 aliphatic carbocycles. The Kier molecular flexibility index (Phi) is 3.27. The van der Waals surface area contributed by atoms with E-state index in [2.05, 4.69) is 51.7 Å². The van der Waals surface area contributed by atoms with Gasteiger partial charge in [0.25, 0.3) is 0 Å². The average Bonchev–Trinajstić information content (AvgIpc) is 2.29. The van der Waals surface area contributed by atoms with Gasteiger partial charge in [-0.3, -0.25) is 0 Å². The largest absolute Gasteiger partial charge is 0.309 e. The zero-order valence-electron chi connectivity index (χ0n) is 10.7. The molecular formula is C12H26N2. The minimum absolute atomic E-state index is 0.405. The summed E-state index contributed by atoms with van der Waals surface area (Å²) in [6, 6.07) is 0. The SMILES string of the molecule is CN(C)CC1(C(C)(C)C)CCN(C)C1. The predicted octanol–water partition coefficient (Wildman–Crippen LogP) is 1.92. The molecule has 1 aliphatic rings. The zero-order chi connectivity index (χ0) is 11.0. The van der Waals surface area contributed by atoms with Crippen molar-refractivity contribution in [3.63, 3.8) is 0 Å². The molecule has 0 amide bonds. The van der Waals surface area contributed by atoms with Gasteiger partial charge in [0.05, 0.1) is 0 Å². The van der Waals surface area contributed by atoms with Gasteiger partial charge in [-0.25, -0.2) is 0 Å². The minimum Gasteiger partial charge on any atom is -0.309 e. The van der Waals surface area contributed by atoms with Crippen molar-refractivity contribution in [3.05, 3.63) is 0 Å². The molecule has 2 nitrogen and oxygen atoms in total. The number of hydrogen-bond donors (Lipinski definition) is 0. The third-order valence-corrected chi connectivity index (χ3v) is 3.75. The highest BCUT2D eigenvalue weighted by Gasteiger charge is 2.45. The van der Waals surface area contributed by atoms with E-state index < -0.39 is 0 Å². The molecule has 2 heteroatoms. The van der Waals surface area contributed by atoms with Gasteiger partial charge in [-0.15, -0.1) is 0 Å². The molecule has 0 spiro atoms. The van der Waals surface area contributed by atoms with E-state index in [9.17, 15) is 0 Å². The van der Waals surface area contributed by atoms with Crippen molar-refractivity contribution in [1.29, 1.82) is 0 Å². The van der Waals surface area contributed by atoms with Gasteiger partial charge in [-0.2, -0.15) is 0 Å². The monoisotopic (exact) mass is 198 g/mol. The van der Waals surface area contributed by atoms with E-state index in [0.29, 0.717) is 10.8 Å². The number of nitrogens with zero attached hydrogens (tertiary/aromatic N) is 2. The van der Waals surface area contributed by atoms with Crippen LogP contribution in [0.5, 0.6) is 0 Å². The Morgan fingerprint density at radius 1 is 1.29 bits per heavy atom. The summed E-state index contributed by atoms with van der Waals surface area (Å²) in [5.74, 6) is 0. The molecule has 0 aromatic heterocycles. The first-order chi connectivity index (χ1) is 6.27. The molecule has 1 fully saturated rings. The molecular weight excluding hydrogens is 172 g/mol. The lowest BCUT2D eigenvalue weighted by molar-refractivity contribution is 0.0629. The van der Waals surface area contributed by atoms with E-state index in [4.69, 9.17) is 0 Å². The van der Waals surface area contributed by atoms with Gasteiger partial charge in [0.2, 0.25) is 0 Å². The normalized spacial score (nSPS) is 30.2. The molecule has 84 valence electrons. The van der Waals surface area contributed by atoms with Crippen LogP contribution in [0.1, 0.15) is 27.2 Å². The molecule has 0 saturated carbocycles. The van der Waals surface area contributed by atoms with Gasteiger partial charge in [0.1, 0.15) is 0 Å². The van der Waals surface area contributed by atoms with Crippen LogP contribution in [-0.2, 0) is 0 Å². The highest BCUT2D eigenvalue weighted by Crippen LogP contribution is 2.45. The van der Waals surface area contributed by atoms with E-state index >= 15 is 0 Å². The molecule has 1 saturated heterocycles. The molecule has 0 radical (unpaired) electrons. The Labute approximate surface area is 89.3 Å². The van der Waals surface area contributed by atoms with Crippen molar-refractivity contribution in [2.45, 2.75) is 27.2 Å². The first-order valence-corrected chi connectivity index (χ1v) is 5.60. The molecule has 1 heterocycles. The van der Waals surface area contributed by atoms with E-state index in [1.54, 1.807) is 0 Å². The van der Waals surface area contributed by atoms with Gasteiger partial charge >= 0.3 is 0 Å². The fraction of sp³-hybridized carbons (Fsp3) is 1.00. The van der Waals surface area contributed by atoms with E-state index in [-0.39, 0.29) is 0 Å². The van der Waals surface area contributed by atoms with Crippen LogP contribution in [0.3, 0.4) is 0 Å². The van der Waals surface area contributed by atoms with Gasteiger partial charge in [0, 0.05) is 18.5 Å². The van der Waals surface area contributed by atoms with Crippen LogP contribution in [-0.4, -0.2) is 50.6 Å². The first-order valence-electron chi connectivity index (χ1n) is 5.60. The fourth-order valence-electron chi connectivity index (χ4n) is 2.66. The topological polar surface area (TPSA) is 6.48 Å². The molecule has 1 atom stereocenters.